The van der Waals surface area contributed by atoms with Crippen LogP contribution < -0.4 is 5.32 Å². The minimum atomic E-state index is -3.94. The Bertz CT molecular complexity index is 1170. The van der Waals surface area contributed by atoms with E-state index in [2.05, 4.69) is 5.32 Å². The summed E-state index contributed by atoms with van der Waals surface area (Å²) in [6.07, 6.45) is 0. The van der Waals surface area contributed by atoms with Crippen LogP contribution in [0.1, 0.15) is 11.1 Å². The number of nitrogens with zero attached hydrogens (tertiary/aromatic N) is 1. The largest absolute Gasteiger partial charge is 0.351 e. The zero-order chi connectivity index (χ0) is 22.4. The first-order chi connectivity index (χ1) is 14.8. The Kier molecular flexibility index (Phi) is 7.97. The van der Waals surface area contributed by atoms with Crippen LogP contribution in [-0.2, 0) is 27.9 Å². The number of hydrogen-bond donors (Lipinski definition) is 1. The average Bonchev–Trinajstić information content (AvgIpc) is 2.76. The SMILES string of the molecule is O=C(CN(Cc1ccc(Cl)c(Cl)c1)S(=O)(=O)c1ccccc1)NCc1ccccc1Cl. The quantitative estimate of drug-likeness (QED) is 0.468. The number of carbonyl (C=O) groups is 1. The monoisotopic (exact) mass is 496 g/mol. The van der Waals surface area contributed by atoms with Crippen molar-refractivity contribution in [1.29, 1.82) is 0 Å². The molecule has 0 fully saturated rings. The zero-order valence-corrected chi connectivity index (χ0v) is 19.3. The van der Waals surface area contributed by atoms with E-state index in [1.165, 1.54) is 12.1 Å². The van der Waals surface area contributed by atoms with Gasteiger partial charge >= 0.3 is 0 Å². The third kappa shape index (κ3) is 6.21. The molecule has 3 rings (SSSR count). The summed E-state index contributed by atoms with van der Waals surface area (Å²) in [4.78, 5) is 12.7. The number of nitrogens with one attached hydrogen (secondary N) is 1. The predicted molar refractivity (Wildman–Crippen MR) is 124 cm³/mol. The van der Waals surface area contributed by atoms with Crippen molar-refractivity contribution in [2.45, 2.75) is 18.0 Å². The summed E-state index contributed by atoms with van der Waals surface area (Å²) < 4.78 is 27.5. The van der Waals surface area contributed by atoms with Gasteiger partial charge in [-0.15, -0.1) is 0 Å². The molecule has 0 aromatic heterocycles. The molecule has 0 aliphatic heterocycles. The van der Waals surface area contributed by atoms with Crippen molar-refractivity contribution in [3.63, 3.8) is 0 Å². The van der Waals surface area contributed by atoms with Crippen LogP contribution in [0.2, 0.25) is 15.1 Å². The molecule has 0 heterocycles. The first-order valence-electron chi connectivity index (χ1n) is 9.26. The molecule has 5 nitrogen and oxygen atoms in total. The fourth-order valence-corrected chi connectivity index (χ4v) is 4.79. The Labute approximate surface area is 196 Å². The molecule has 162 valence electrons. The summed E-state index contributed by atoms with van der Waals surface area (Å²) in [6.45, 7) is -0.236. The Balaban J connectivity index is 1.82. The van der Waals surface area contributed by atoms with Crippen molar-refractivity contribution >= 4 is 50.7 Å². The number of sulfonamides is 1. The van der Waals surface area contributed by atoms with Gasteiger partial charge in [-0.2, -0.15) is 4.31 Å². The van der Waals surface area contributed by atoms with Gasteiger partial charge < -0.3 is 5.32 Å². The van der Waals surface area contributed by atoms with Crippen molar-refractivity contribution in [2.24, 2.45) is 0 Å². The highest BCUT2D eigenvalue weighted by Gasteiger charge is 2.27. The van der Waals surface area contributed by atoms with Gasteiger partial charge in [0.15, 0.2) is 0 Å². The Morgan fingerprint density at radius 2 is 1.52 bits per heavy atom. The van der Waals surface area contributed by atoms with E-state index >= 15 is 0 Å². The summed E-state index contributed by atoms with van der Waals surface area (Å²) in [7, 11) is -3.94. The molecule has 0 unspecified atom stereocenters. The van der Waals surface area contributed by atoms with E-state index in [4.69, 9.17) is 34.8 Å². The van der Waals surface area contributed by atoms with E-state index in [9.17, 15) is 13.2 Å². The molecular formula is C22H19Cl3N2O3S. The molecule has 9 heteroatoms. The summed E-state index contributed by atoms with van der Waals surface area (Å²) in [6, 6.07) is 19.9. The van der Waals surface area contributed by atoms with Gasteiger partial charge in [0, 0.05) is 18.1 Å². The highest BCUT2D eigenvalue weighted by Crippen LogP contribution is 2.25. The fourth-order valence-electron chi connectivity index (χ4n) is 2.86. The van der Waals surface area contributed by atoms with Gasteiger partial charge in [0.1, 0.15) is 0 Å². The van der Waals surface area contributed by atoms with Crippen molar-refractivity contribution in [2.75, 3.05) is 6.54 Å². The third-order valence-corrected chi connectivity index (χ3v) is 7.39. The van der Waals surface area contributed by atoms with Gasteiger partial charge in [-0.25, -0.2) is 8.42 Å². The summed E-state index contributed by atoms with van der Waals surface area (Å²) in [5.41, 5.74) is 1.34. The lowest BCUT2D eigenvalue weighted by molar-refractivity contribution is -0.121. The molecule has 3 aromatic carbocycles. The van der Waals surface area contributed by atoms with Crippen LogP contribution in [0.15, 0.2) is 77.7 Å². The molecule has 0 aliphatic rings. The van der Waals surface area contributed by atoms with E-state index in [-0.39, 0.29) is 24.5 Å². The summed E-state index contributed by atoms with van der Waals surface area (Å²) in [5.74, 6) is -0.459. The van der Waals surface area contributed by atoms with Crippen LogP contribution >= 0.6 is 34.8 Å². The van der Waals surface area contributed by atoms with Gasteiger partial charge in [-0.1, -0.05) is 77.3 Å². The smallest absolute Gasteiger partial charge is 0.243 e. The first-order valence-corrected chi connectivity index (χ1v) is 11.8. The lowest BCUT2D eigenvalue weighted by Crippen LogP contribution is -2.40. The molecule has 1 amide bonds. The third-order valence-electron chi connectivity index (χ3n) is 4.48. The van der Waals surface area contributed by atoms with Gasteiger partial charge in [0.25, 0.3) is 0 Å². The lowest BCUT2D eigenvalue weighted by atomic mass is 10.2. The number of hydrogen-bond acceptors (Lipinski definition) is 3. The zero-order valence-electron chi connectivity index (χ0n) is 16.3. The highest BCUT2D eigenvalue weighted by molar-refractivity contribution is 7.89. The van der Waals surface area contributed by atoms with Crippen molar-refractivity contribution in [3.8, 4) is 0 Å². The standard InChI is InChI=1S/C22H19Cl3N2O3S/c23-19-9-5-4-6-17(19)13-26-22(28)15-27(14-16-10-11-20(24)21(25)12-16)31(29,30)18-7-2-1-3-8-18/h1-12H,13-15H2,(H,26,28). The molecule has 0 aliphatic carbocycles. The van der Waals surface area contributed by atoms with Crippen LogP contribution in [0.25, 0.3) is 0 Å². The summed E-state index contributed by atoms with van der Waals surface area (Å²) in [5, 5.41) is 3.91. The Hall–Kier alpha value is -2.09. The molecule has 1 N–H and O–H groups in total. The van der Waals surface area contributed by atoms with Crippen molar-refractivity contribution in [1.82, 2.24) is 9.62 Å². The second-order valence-electron chi connectivity index (χ2n) is 6.70. The van der Waals surface area contributed by atoms with E-state index in [1.54, 1.807) is 54.6 Å². The van der Waals surface area contributed by atoms with Crippen LogP contribution in [0.5, 0.6) is 0 Å². The maximum absolute atomic E-state index is 13.2. The van der Waals surface area contributed by atoms with Crippen LogP contribution in [0, 0.1) is 0 Å². The molecule has 31 heavy (non-hydrogen) atoms. The van der Waals surface area contributed by atoms with Crippen molar-refractivity contribution < 1.29 is 13.2 Å². The Morgan fingerprint density at radius 3 is 2.19 bits per heavy atom. The molecule has 0 spiro atoms. The van der Waals surface area contributed by atoms with Crippen LogP contribution in [-0.4, -0.2) is 25.2 Å². The molecule has 0 saturated carbocycles. The number of benzene rings is 3. The average molecular weight is 498 g/mol. The van der Waals surface area contributed by atoms with E-state index in [0.29, 0.717) is 20.6 Å². The van der Waals surface area contributed by atoms with Gasteiger partial charge in [-0.3, -0.25) is 4.79 Å². The van der Waals surface area contributed by atoms with Gasteiger partial charge in [-0.05, 0) is 41.5 Å². The van der Waals surface area contributed by atoms with Gasteiger partial charge in [0.2, 0.25) is 15.9 Å². The number of halogens is 3. The minimum Gasteiger partial charge on any atom is -0.351 e. The molecule has 0 radical (unpaired) electrons. The molecular weight excluding hydrogens is 479 g/mol. The Morgan fingerprint density at radius 1 is 0.839 bits per heavy atom. The molecule has 0 saturated heterocycles. The first kappa shape index (κ1) is 23.6. The van der Waals surface area contributed by atoms with Crippen LogP contribution in [0.3, 0.4) is 0 Å². The molecule has 0 bridgehead atoms. The molecule has 0 atom stereocenters. The minimum absolute atomic E-state index is 0.0480. The van der Waals surface area contributed by atoms with E-state index in [1.807, 2.05) is 6.07 Å². The topological polar surface area (TPSA) is 66.5 Å². The molecule has 3 aromatic rings. The van der Waals surface area contributed by atoms with Crippen molar-refractivity contribution in [3.05, 3.63) is 99.0 Å². The number of carbonyl (C=O) groups excluding carboxylic acids is 1. The maximum Gasteiger partial charge on any atom is 0.243 e. The lowest BCUT2D eigenvalue weighted by Gasteiger charge is -2.22. The fraction of sp³-hybridized carbons (Fsp3) is 0.136. The number of rotatable bonds is 8. The van der Waals surface area contributed by atoms with E-state index in [0.717, 1.165) is 9.87 Å². The normalized spacial score (nSPS) is 11.5. The van der Waals surface area contributed by atoms with Crippen LogP contribution in [0.4, 0.5) is 0 Å². The highest BCUT2D eigenvalue weighted by atomic mass is 35.5. The second kappa shape index (κ2) is 10.5. The van der Waals surface area contributed by atoms with Gasteiger partial charge in [0.05, 0.1) is 21.5 Å². The summed E-state index contributed by atoms with van der Waals surface area (Å²) >= 11 is 18.2. The predicted octanol–water partition coefficient (Wildman–Crippen LogP) is 5.15. The van der Waals surface area contributed by atoms with E-state index < -0.39 is 15.9 Å². The maximum atomic E-state index is 13.2. The second-order valence-corrected chi connectivity index (χ2v) is 9.86. The number of amides is 1.